The van der Waals surface area contributed by atoms with E-state index in [0.717, 1.165) is 41.8 Å². The van der Waals surface area contributed by atoms with Gasteiger partial charge in [0, 0.05) is 48.1 Å². The van der Waals surface area contributed by atoms with E-state index in [9.17, 15) is 4.39 Å². The van der Waals surface area contributed by atoms with Crippen molar-refractivity contribution < 1.29 is 8.91 Å². The Morgan fingerprint density at radius 3 is 2.91 bits per heavy atom. The Bertz CT molecular complexity index is 873. The van der Waals surface area contributed by atoms with Gasteiger partial charge in [-0.3, -0.25) is 4.90 Å². The van der Waals surface area contributed by atoms with Crippen LogP contribution in [-0.2, 0) is 6.54 Å². The van der Waals surface area contributed by atoms with E-state index < -0.39 is 0 Å². The highest BCUT2D eigenvalue weighted by Gasteiger charge is 2.31. The van der Waals surface area contributed by atoms with Crippen molar-refractivity contribution in [2.24, 2.45) is 0 Å². The molecule has 1 fully saturated rings. The zero-order chi connectivity index (χ0) is 16.0. The van der Waals surface area contributed by atoms with E-state index in [-0.39, 0.29) is 5.82 Å². The van der Waals surface area contributed by atoms with Gasteiger partial charge in [-0.25, -0.2) is 9.37 Å². The number of fused-ring (bicyclic) bond motifs is 1. The molecule has 0 N–H and O–H groups in total. The predicted molar refractivity (Wildman–Crippen MR) is 86.0 cm³/mol. The summed E-state index contributed by atoms with van der Waals surface area (Å²) in [4.78, 5) is 6.59. The summed E-state index contributed by atoms with van der Waals surface area (Å²) in [6, 6.07) is 6.56. The van der Waals surface area contributed by atoms with E-state index in [1.165, 1.54) is 12.1 Å². The third kappa shape index (κ3) is 2.71. The number of likely N-dealkylation sites (tertiary alicyclic amines) is 1. The smallest absolute Gasteiger partial charge is 0.134 e. The fourth-order valence-electron chi connectivity index (χ4n) is 3.08. The molecule has 4 rings (SSSR count). The molecule has 0 unspecified atom stereocenters. The van der Waals surface area contributed by atoms with Crippen LogP contribution < -0.4 is 0 Å². The maximum Gasteiger partial charge on any atom is 0.134 e. The molecule has 0 spiro atoms. The van der Waals surface area contributed by atoms with Gasteiger partial charge in [-0.15, -0.1) is 0 Å². The van der Waals surface area contributed by atoms with Crippen LogP contribution in [0.5, 0.6) is 0 Å². The van der Waals surface area contributed by atoms with Crippen molar-refractivity contribution >= 4 is 22.5 Å². The molecule has 0 aliphatic carbocycles. The lowest BCUT2D eigenvalue weighted by Gasteiger charge is -2.38. The quantitative estimate of drug-likeness (QED) is 0.682. The summed E-state index contributed by atoms with van der Waals surface area (Å²) in [5, 5.41) is 5.40. The Hall–Kier alpha value is -1.98. The molecule has 0 radical (unpaired) electrons. The highest BCUT2D eigenvalue weighted by Crippen LogP contribution is 2.31. The lowest BCUT2D eigenvalue weighted by atomic mass is 9.93. The number of benzene rings is 1. The number of aromatic nitrogens is 2. The largest absolute Gasteiger partial charge is 0.364 e. The van der Waals surface area contributed by atoms with Gasteiger partial charge < -0.3 is 4.52 Å². The van der Waals surface area contributed by atoms with Gasteiger partial charge in [-0.1, -0.05) is 16.8 Å². The van der Waals surface area contributed by atoms with Gasteiger partial charge in [0.2, 0.25) is 0 Å². The first-order valence-electron chi connectivity index (χ1n) is 7.48. The molecule has 23 heavy (non-hydrogen) atoms. The minimum Gasteiger partial charge on any atom is -0.364 e. The minimum absolute atomic E-state index is 0.303. The second kappa shape index (κ2) is 5.58. The van der Waals surface area contributed by atoms with Crippen LogP contribution in [0.25, 0.3) is 10.9 Å². The summed E-state index contributed by atoms with van der Waals surface area (Å²) < 4.78 is 18.3. The van der Waals surface area contributed by atoms with Crippen LogP contribution in [-0.4, -0.2) is 28.1 Å². The topological polar surface area (TPSA) is 42.2 Å². The van der Waals surface area contributed by atoms with E-state index in [1.54, 1.807) is 12.3 Å². The van der Waals surface area contributed by atoms with Crippen molar-refractivity contribution in [3.63, 3.8) is 0 Å². The number of aryl methyl sites for hydroxylation is 1. The van der Waals surface area contributed by atoms with Crippen LogP contribution in [0.4, 0.5) is 4.39 Å². The summed E-state index contributed by atoms with van der Waals surface area (Å²) in [5.74, 6) is 0.109. The first-order chi connectivity index (χ1) is 11.1. The van der Waals surface area contributed by atoms with Crippen LogP contribution in [0.3, 0.4) is 0 Å². The van der Waals surface area contributed by atoms with E-state index in [2.05, 4.69) is 15.0 Å². The Morgan fingerprint density at radius 2 is 2.17 bits per heavy atom. The normalized spacial score (nSPS) is 16.0. The van der Waals surface area contributed by atoms with Crippen LogP contribution in [0.15, 0.2) is 35.1 Å². The van der Waals surface area contributed by atoms with E-state index >= 15 is 0 Å². The van der Waals surface area contributed by atoms with Crippen molar-refractivity contribution in [1.29, 1.82) is 0 Å². The molecule has 3 aromatic rings. The second-order valence-corrected chi connectivity index (χ2v) is 6.41. The van der Waals surface area contributed by atoms with Gasteiger partial charge in [0.1, 0.15) is 17.2 Å². The standard InChI is InChI=1S/C17H15ClFN3O/c1-10-9-23-21-16(10)13-7-22(8-13)6-12-4-11-2-3-14(19)5-15(11)20-17(12)18/h2-5,9,13H,6-8H2,1H3. The van der Waals surface area contributed by atoms with Gasteiger partial charge in [0.25, 0.3) is 0 Å². The number of halogens is 2. The van der Waals surface area contributed by atoms with E-state index in [1.807, 2.05) is 13.0 Å². The average Bonchev–Trinajstić information content (AvgIpc) is 2.88. The number of nitrogens with zero attached hydrogens (tertiary/aromatic N) is 3. The molecule has 2 aromatic heterocycles. The lowest BCUT2D eigenvalue weighted by Crippen LogP contribution is -2.44. The Balaban J connectivity index is 1.50. The van der Waals surface area contributed by atoms with Crippen molar-refractivity contribution in [2.45, 2.75) is 19.4 Å². The molecule has 1 saturated heterocycles. The third-order valence-corrected chi connectivity index (χ3v) is 4.66. The van der Waals surface area contributed by atoms with Crippen LogP contribution in [0, 0.1) is 12.7 Å². The van der Waals surface area contributed by atoms with Gasteiger partial charge in [0.05, 0.1) is 11.2 Å². The molecule has 118 valence electrons. The Morgan fingerprint density at radius 1 is 1.35 bits per heavy atom. The summed E-state index contributed by atoms with van der Waals surface area (Å²) in [7, 11) is 0. The highest BCUT2D eigenvalue weighted by atomic mass is 35.5. The molecule has 6 heteroatoms. The zero-order valence-corrected chi connectivity index (χ0v) is 13.3. The fraction of sp³-hybridized carbons (Fsp3) is 0.294. The zero-order valence-electron chi connectivity index (χ0n) is 12.6. The van der Waals surface area contributed by atoms with Gasteiger partial charge in [-0.05, 0) is 25.1 Å². The second-order valence-electron chi connectivity index (χ2n) is 6.05. The molecule has 1 aliphatic heterocycles. The maximum absolute atomic E-state index is 13.2. The fourth-order valence-corrected chi connectivity index (χ4v) is 3.28. The molecule has 4 nitrogen and oxygen atoms in total. The number of hydrogen-bond acceptors (Lipinski definition) is 4. The van der Waals surface area contributed by atoms with E-state index in [4.69, 9.17) is 16.1 Å². The van der Waals surface area contributed by atoms with Crippen LogP contribution in [0.2, 0.25) is 5.15 Å². The maximum atomic E-state index is 13.2. The van der Waals surface area contributed by atoms with Gasteiger partial charge in [0.15, 0.2) is 0 Å². The summed E-state index contributed by atoms with van der Waals surface area (Å²) in [5.41, 5.74) is 3.68. The summed E-state index contributed by atoms with van der Waals surface area (Å²) >= 11 is 6.25. The molecule has 0 atom stereocenters. The van der Waals surface area contributed by atoms with Crippen LogP contribution >= 0.6 is 11.6 Å². The van der Waals surface area contributed by atoms with Gasteiger partial charge in [-0.2, -0.15) is 0 Å². The first kappa shape index (κ1) is 14.6. The monoisotopic (exact) mass is 331 g/mol. The van der Waals surface area contributed by atoms with Crippen molar-refractivity contribution in [3.05, 3.63) is 58.3 Å². The Labute approximate surface area is 137 Å². The first-order valence-corrected chi connectivity index (χ1v) is 7.86. The molecule has 3 heterocycles. The Kier molecular flexibility index (Phi) is 3.54. The minimum atomic E-state index is -0.303. The molecule has 0 saturated carbocycles. The number of pyridine rings is 1. The van der Waals surface area contributed by atoms with Crippen LogP contribution in [0.1, 0.15) is 22.7 Å². The lowest BCUT2D eigenvalue weighted by molar-refractivity contribution is 0.134. The third-order valence-electron chi connectivity index (χ3n) is 4.33. The SMILES string of the molecule is Cc1conc1C1CN(Cc2cc3ccc(F)cc3nc2Cl)C1. The molecular weight excluding hydrogens is 317 g/mol. The summed E-state index contributed by atoms with van der Waals surface area (Å²) in [6.07, 6.45) is 1.68. The number of rotatable bonds is 3. The molecule has 0 amide bonds. The van der Waals surface area contributed by atoms with Crippen molar-refractivity contribution in [2.75, 3.05) is 13.1 Å². The predicted octanol–water partition coefficient (Wildman–Crippen LogP) is 3.92. The summed E-state index contributed by atoms with van der Waals surface area (Å²) in [6.45, 7) is 4.58. The van der Waals surface area contributed by atoms with Gasteiger partial charge >= 0.3 is 0 Å². The average molecular weight is 332 g/mol. The molecule has 1 aromatic carbocycles. The van der Waals surface area contributed by atoms with E-state index in [0.29, 0.717) is 16.6 Å². The molecule has 1 aliphatic rings. The molecular formula is C17H15ClFN3O. The highest BCUT2D eigenvalue weighted by molar-refractivity contribution is 6.30. The van der Waals surface area contributed by atoms with Crippen molar-refractivity contribution in [1.82, 2.24) is 15.0 Å². The number of hydrogen-bond donors (Lipinski definition) is 0. The molecule has 0 bridgehead atoms. The van der Waals surface area contributed by atoms with Crippen molar-refractivity contribution in [3.8, 4) is 0 Å².